The lowest BCUT2D eigenvalue weighted by atomic mass is 9.87. The van der Waals surface area contributed by atoms with Crippen LogP contribution < -0.4 is 5.32 Å². The lowest BCUT2D eigenvalue weighted by Crippen LogP contribution is -2.41. The Morgan fingerprint density at radius 1 is 1.30 bits per heavy atom. The van der Waals surface area contributed by atoms with Crippen LogP contribution in [0.5, 0.6) is 0 Å². The van der Waals surface area contributed by atoms with E-state index in [9.17, 15) is 0 Å². The molecule has 2 unspecified atom stereocenters. The summed E-state index contributed by atoms with van der Waals surface area (Å²) in [6.07, 6.45) is 1.08. The third kappa shape index (κ3) is 6.87. The Balaban J connectivity index is 2.71. The van der Waals surface area contributed by atoms with E-state index in [-0.39, 0.29) is 5.54 Å². The van der Waals surface area contributed by atoms with Gasteiger partial charge in [-0.2, -0.15) is 0 Å². The zero-order valence-electron chi connectivity index (χ0n) is 13.4. The van der Waals surface area contributed by atoms with Crippen molar-refractivity contribution in [3.63, 3.8) is 0 Å². The highest BCUT2D eigenvalue weighted by Crippen LogP contribution is 2.21. The van der Waals surface area contributed by atoms with Gasteiger partial charge in [0.25, 0.3) is 0 Å². The number of methoxy groups -OCH3 is 1. The van der Waals surface area contributed by atoms with Crippen molar-refractivity contribution in [2.75, 3.05) is 20.3 Å². The number of halogens is 1. The molecule has 1 aromatic carbocycles. The van der Waals surface area contributed by atoms with Crippen LogP contribution >= 0.6 is 15.9 Å². The van der Waals surface area contributed by atoms with Gasteiger partial charge in [0.05, 0.1) is 0 Å². The van der Waals surface area contributed by atoms with Gasteiger partial charge in [0.15, 0.2) is 0 Å². The maximum absolute atomic E-state index is 5.34. The zero-order valence-corrected chi connectivity index (χ0v) is 15.0. The maximum Gasteiger partial charge on any atom is 0.0491 e. The minimum Gasteiger partial charge on any atom is -0.384 e. The second-order valence-electron chi connectivity index (χ2n) is 6.66. The zero-order chi connectivity index (χ0) is 15.2. The summed E-state index contributed by atoms with van der Waals surface area (Å²) in [5.41, 5.74) is 1.53. The molecule has 0 saturated heterocycles. The van der Waals surface area contributed by atoms with Crippen LogP contribution in [0.2, 0.25) is 0 Å². The number of nitrogens with one attached hydrogen (secondary N) is 1. The van der Waals surface area contributed by atoms with Gasteiger partial charge >= 0.3 is 0 Å². The van der Waals surface area contributed by atoms with Gasteiger partial charge in [-0.25, -0.2) is 0 Å². The van der Waals surface area contributed by atoms with Crippen molar-refractivity contribution in [1.82, 2.24) is 5.32 Å². The molecule has 1 rings (SSSR count). The third-order valence-electron chi connectivity index (χ3n) is 3.52. The Morgan fingerprint density at radius 3 is 2.55 bits per heavy atom. The summed E-state index contributed by atoms with van der Waals surface area (Å²) in [7, 11) is 1.78. The summed E-state index contributed by atoms with van der Waals surface area (Å²) >= 11 is 3.55. The Hall–Kier alpha value is -0.380. The van der Waals surface area contributed by atoms with E-state index in [0.717, 1.165) is 24.0 Å². The fraction of sp³-hybridized carbons (Fsp3) is 0.647. The van der Waals surface area contributed by atoms with Crippen LogP contribution in [0, 0.1) is 11.8 Å². The Morgan fingerprint density at radius 2 is 2.00 bits per heavy atom. The molecule has 0 saturated carbocycles. The van der Waals surface area contributed by atoms with Crippen molar-refractivity contribution in [3.05, 3.63) is 34.3 Å². The summed E-state index contributed by atoms with van der Waals surface area (Å²) in [5.74, 6) is 1.11. The fourth-order valence-corrected chi connectivity index (χ4v) is 2.72. The van der Waals surface area contributed by atoms with E-state index in [1.165, 1.54) is 5.56 Å². The van der Waals surface area contributed by atoms with Crippen LogP contribution in [-0.2, 0) is 11.2 Å². The Bertz CT molecular complexity index is 400. The predicted molar refractivity (Wildman–Crippen MR) is 90.1 cm³/mol. The summed E-state index contributed by atoms with van der Waals surface area (Å²) in [6.45, 7) is 10.7. The molecular formula is C17H28BrNO. The van der Waals surface area contributed by atoms with Crippen molar-refractivity contribution in [3.8, 4) is 0 Å². The molecule has 2 atom stereocenters. The fourth-order valence-electron chi connectivity index (χ4n) is 2.28. The molecule has 0 fully saturated rings. The highest BCUT2D eigenvalue weighted by molar-refractivity contribution is 9.10. The van der Waals surface area contributed by atoms with Crippen molar-refractivity contribution >= 4 is 15.9 Å². The molecule has 3 heteroatoms. The molecule has 0 aromatic heterocycles. The van der Waals surface area contributed by atoms with Gasteiger partial charge in [-0.05, 0) is 63.3 Å². The van der Waals surface area contributed by atoms with Gasteiger partial charge in [0.1, 0.15) is 0 Å². The van der Waals surface area contributed by atoms with Gasteiger partial charge in [-0.3, -0.25) is 0 Å². The van der Waals surface area contributed by atoms with Crippen molar-refractivity contribution < 1.29 is 4.74 Å². The van der Waals surface area contributed by atoms with Crippen molar-refractivity contribution in [2.45, 2.75) is 39.7 Å². The monoisotopic (exact) mass is 341 g/mol. The molecule has 114 valence electrons. The van der Waals surface area contributed by atoms with E-state index in [1.54, 1.807) is 7.11 Å². The number of rotatable bonds is 7. The van der Waals surface area contributed by atoms with Crippen molar-refractivity contribution in [1.29, 1.82) is 0 Å². The van der Waals surface area contributed by atoms with E-state index >= 15 is 0 Å². The number of hydrogen-bond acceptors (Lipinski definition) is 2. The molecule has 2 nitrogen and oxygen atoms in total. The Kier molecular flexibility index (Phi) is 7.21. The van der Waals surface area contributed by atoms with Crippen LogP contribution in [-0.4, -0.2) is 25.8 Å². The van der Waals surface area contributed by atoms with E-state index in [4.69, 9.17) is 4.74 Å². The smallest absolute Gasteiger partial charge is 0.0491 e. The van der Waals surface area contributed by atoms with Gasteiger partial charge in [-0.15, -0.1) is 0 Å². The molecular weight excluding hydrogens is 314 g/mol. The molecule has 0 aliphatic carbocycles. The highest BCUT2D eigenvalue weighted by Gasteiger charge is 2.20. The summed E-state index contributed by atoms with van der Waals surface area (Å²) in [4.78, 5) is 0. The van der Waals surface area contributed by atoms with Gasteiger partial charge in [-0.1, -0.05) is 35.0 Å². The first-order valence-corrected chi connectivity index (χ1v) is 8.09. The SMILES string of the molecule is COCC(C)C(CNC(C)(C)C)Cc1cccc(Br)c1. The summed E-state index contributed by atoms with van der Waals surface area (Å²) < 4.78 is 6.49. The first-order valence-electron chi connectivity index (χ1n) is 7.30. The third-order valence-corrected chi connectivity index (χ3v) is 4.01. The van der Waals surface area contributed by atoms with Crippen LogP contribution in [0.1, 0.15) is 33.3 Å². The first-order chi connectivity index (χ1) is 9.31. The minimum atomic E-state index is 0.155. The lowest BCUT2D eigenvalue weighted by molar-refractivity contribution is 0.125. The van der Waals surface area contributed by atoms with Crippen molar-refractivity contribution in [2.24, 2.45) is 11.8 Å². The van der Waals surface area contributed by atoms with E-state index < -0.39 is 0 Å². The highest BCUT2D eigenvalue weighted by atomic mass is 79.9. The largest absolute Gasteiger partial charge is 0.384 e. The average Bonchev–Trinajstić information content (AvgIpc) is 2.33. The average molecular weight is 342 g/mol. The molecule has 0 spiro atoms. The molecule has 20 heavy (non-hydrogen) atoms. The quantitative estimate of drug-likeness (QED) is 0.799. The number of ether oxygens (including phenoxy) is 1. The second-order valence-corrected chi connectivity index (χ2v) is 7.57. The summed E-state index contributed by atoms with van der Waals surface area (Å²) in [5, 5.41) is 3.63. The molecule has 1 N–H and O–H groups in total. The van der Waals surface area contributed by atoms with Gasteiger partial charge in [0, 0.05) is 23.7 Å². The lowest BCUT2D eigenvalue weighted by Gasteiger charge is -2.29. The molecule has 0 aliphatic heterocycles. The van der Waals surface area contributed by atoms with E-state index in [2.05, 4.69) is 73.2 Å². The first kappa shape index (κ1) is 17.7. The second kappa shape index (κ2) is 8.16. The minimum absolute atomic E-state index is 0.155. The van der Waals surface area contributed by atoms with E-state index in [0.29, 0.717) is 11.8 Å². The molecule has 0 radical (unpaired) electrons. The summed E-state index contributed by atoms with van der Waals surface area (Å²) in [6, 6.07) is 8.59. The molecule has 0 aliphatic rings. The normalized spacial score (nSPS) is 15.1. The predicted octanol–water partition coefficient (Wildman–Crippen LogP) is 4.28. The van der Waals surface area contributed by atoms with Crippen LogP contribution in [0.25, 0.3) is 0 Å². The standard InChI is InChI=1S/C17H28BrNO/c1-13(12-20-5)15(11-19-17(2,3)4)9-14-7-6-8-16(18)10-14/h6-8,10,13,15,19H,9,11-12H2,1-5H3. The topological polar surface area (TPSA) is 21.3 Å². The molecule has 0 bridgehead atoms. The molecule has 0 amide bonds. The van der Waals surface area contributed by atoms with E-state index in [1.807, 2.05) is 0 Å². The van der Waals surface area contributed by atoms with Gasteiger partial charge < -0.3 is 10.1 Å². The Labute approximate surface area is 132 Å². The molecule has 0 heterocycles. The van der Waals surface area contributed by atoms with Crippen LogP contribution in [0.3, 0.4) is 0 Å². The number of hydrogen-bond donors (Lipinski definition) is 1. The maximum atomic E-state index is 5.34. The van der Waals surface area contributed by atoms with Gasteiger partial charge in [0.2, 0.25) is 0 Å². The van der Waals surface area contributed by atoms with Crippen LogP contribution in [0.15, 0.2) is 28.7 Å². The number of benzene rings is 1. The molecule has 1 aromatic rings. The van der Waals surface area contributed by atoms with Crippen LogP contribution in [0.4, 0.5) is 0 Å².